The van der Waals surface area contributed by atoms with E-state index < -0.39 is 0 Å². The summed E-state index contributed by atoms with van der Waals surface area (Å²) in [5.41, 5.74) is 3.36. The van der Waals surface area contributed by atoms with Crippen LogP contribution in [-0.2, 0) is 19.6 Å². The highest BCUT2D eigenvalue weighted by Gasteiger charge is 2.16. The van der Waals surface area contributed by atoms with Gasteiger partial charge in [0.15, 0.2) is 0 Å². The second kappa shape index (κ2) is 11.4. The molecule has 0 saturated heterocycles. The maximum atomic E-state index is 13.9. The van der Waals surface area contributed by atoms with Crippen LogP contribution in [0.25, 0.3) is 22.2 Å². The van der Waals surface area contributed by atoms with Gasteiger partial charge in [0.2, 0.25) is 0 Å². The van der Waals surface area contributed by atoms with E-state index in [-0.39, 0.29) is 5.82 Å². The molecule has 0 aliphatic heterocycles. The quantitative estimate of drug-likeness (QED) is 0.230. The fourth-order valence-corrected chi connectivity index (χ4v) is 4.44. The van der Waals surface area contributed by atoms with Gasteiger partial charge in [-0.1, -0.05) is 75.7 Å². The van der Waals surface area contributed by atoms with E-state index in [1.54, 1.807) is 12.1 Å². The fraction of sp³-hybridized carbons (Fsp3) is 0.367. The molecule has 0 aliphatic rings. The van der Waals surface area contributed by atoms with Gasteiger partial charge in [0.25, 0.3) is 0 Å². The maximum absolute atomic E-state index is 13.9. The lowest BCUT2D eigenvalue weighted by Crippen LogP contribution is -2.26. The Morgan fingerprint density at radius 1 is 0.941 bits per heavy atom. The number of hydrogen-bond donors (Lipinski definition) is 0. The predicted octanol–water partition coefficient (Wildman–Crippen LogP) is 7.69. The molecule has 0 saturated carbocycles. The van der Waals surface area contributed by atoms with Crippen LogP contribution in [0, 0.1) is 11.7 Å². The lowest BCUT2D eigenvalue weighted by atomic mass is 10.1. The number of rotatable bonds is 11. The molecule has 4 aromatic rings. The molecule has 0 bridgehead atoms. The highest BCUT2D eigenvalue weighted by molar-refractivity contribution is 5.82. The average Bonchev–Trinajstić information content (AvgIpc) is 3.23. The molecule has 0 spiro atoms. The second-order valence-electron chi connectivity index (χ2n) is 9.66. The smallest absolute Gasteiger partial charge is 0.140 e. The van der Waals surface area contributed by atoms with Crippen LogP contribution in [0.3, 0.4) is 0 Å². The Morgan fingerprint density at radius 2 is 1.76 bits per heavy atom. The summed E-state index contributed by atoms with van der Waals surface area (Å²) in [6.07, 6.45) is 5.31. The lowest BCUT2D eigenvalue weighted by molar-refractivity contribution is 0.235. The fourth-order valence-electron chi connectivity index (χ4n) is 4.44. The van der Waals surface area contributed by atoms with E-state index in [9.17, 15) is 4.39 Å². The first-order chi connectivity index (χ1) is 16.5. The molecule has 1 heterocycles. The van der Waals surface area contributed by atoms with Crippen molar-refractivity contribution in [2.45, 2.75) is 59.7 Å². The number of benzene rings is 3. The molecule has 0 fully saturated rings. The zero-order valence-electron chi connectivity index (χ0n) is 20.7. The summed E-state index contributed by atoms with van der Waals surface area (Å²) in [6, 6.07) is 22.1. The number of fused-ring (bicyclic) bond motifs is 1. The molecule has 0 unspecified atom stereocenters. The van der Waals surface area contributed by atoms with Crippen molar-refractivity contribution in [1.82, 2.24) is 14.5 Å². The van der Waals surface area contributed by atoms with E-state index in [1.165, 1.54) is 28.1 Å². The van der Waals surface area contributed by atoms with Crippen LogP contribution in [0.4, 0.5) is 4.39 Å². The number of hydrogen-bond acceptors (Lipinski definition) is 2. The van der Waals surface area contributed by atoms with E-state index in [0.29, 0.717) is 5.92 Å². The van der Waals surface area contributed by atoms with E-state index in [1.807, 2.05) is 12.3 Å². The minimum absolute atomic E-state index is 0.223. The molecule has 4 heteroatoms. The van der Waals surface area contributed by atoms with Crippen LogP contribution in [0.1, 0.15) is 51.3 Å². The van der Waals surface area contributed by atoms with Gasteiger partial charge in [-0.05, 0) is 59.8 Å². The monoisotopic (exact) mass is 457 g/mol. The van der Waals surface area contributed by atoms with Crippen molar-refractivity contribution in [1.29, 1.82) is 0 Å². The number of halogens is 1. The molecule has 0 radical (unpaired) electrons. The highest BCUT2D eigenvalue weighted by atomic mass is 19.1. The Balaban J connectivity index is 1.61. The summed E-state index contributed by atoms with van der Waals surface area (Å²) in [7, 11) is 0. The van der Waals surface area contributed by atoms with Crippen LogP contribution in [0.5, 0.6) is 0 Å². The Morgan fingerprint density at radius 3 is 2.53 bits per heavy atom. The van der Waals surface area contributed by atoms with Gasteiger partial charge >= 0.3 is 0 Å². The van der Waals surface area contributed by atoms with E-state index in [4.69, 9.17) is 4.98 Å². The molecule has 34 heavy (non-hydrogen) atoms. The third kappa shape index (κ3) is 6.12. The van der Waals surface area contributed by atoms with E-state index in [0.717, 1.165) is 56.8 Å². The molecule has 0 amide bonds. The van der Waals surface area contributed by atoms with E-state index in [2.05, 4.69) is 72.7 Å². The largest absolute Gasteiger partial charge is 0.327 e. The van der Waals surface area contributed by atoms with Crippen LogP contribution in [0.15, 0.2) is 72.9 Å². The number of nitrogens with zero attached hydrogens (tertiary/aromatic N) is 3. The van der Waals surface area contributed by atoms with Crippen molar-refractivity contribution in [2.24, 2.45) is 5.92 Å². The molecular weight excluding hydrogens is 421 g/mol. The minimum Gasteiger partial charge on any atom is -0.327 e. The van der Waals surface area contributed by atoms with Gasteiger partial charge in [-0.25, -0.2) is 9.37 Å². The molecule has 0 atom stereocenters. The van der Waals surface area contributed by atoms with Crippen LogP contribution in [0.2, 0.25) is 0 Å². The summed E-state index contributed by atoms with van der Waals surface area (Å²) in [5.74, 6) is 1.28. The third-order valence-corrected chi connectivity index (χ3v) is 6.38. The molecule has 3 aromatic carbocycles. The van der Waals surface area contributed by atoms with Crippen molar-refractivity contribution in [3.63, 3.8) is 0 Å². The first-order valence-electron chi connectivity index (χ1n) is 12.5. The summed E-state index contributed by atoms with van der Waals surface area (Å²) >= 11 is 0. The minimum atomic E-state index is -0.223. The van der Waals surface area contributed by atoms with Gasteiger partial charge in [-0.15, -0.1) is 0 Å². The molecule has 3 nitrogen and oxygen atoms in total. The molecule has 178 valence electrons. The van der Waals surface area contributed by atoms with Gasteiger partial charge in [0, 0.05) is 25.2 Å². The first-order valence-corrected chi connectivity index (χ1v) is 12.5. The topological polar surface area (TPSA) is 21.1 Å². The van der Waals surface area contributed by atoms with Gasteiger partial charge in [-0.3, -0.25) is 4.90 Å². The highest BCUT2D eigenvalue weighted by Crippen LogP contribution is 2.24. The van der Waals surface area contributed by atoms with E-state index >= 15 is 0 Å². The van der Waals surface area contributed by atoms with Crippen LogP contribution in [-0.4, -0.2) is 21.0 Å². The normalized spacial score (nSPS) is 11.7. The lowest BCUT2D eigenvalue weighted by Gasteiger charge is -2.24. The zero-order chi connectivity index (χ0) is 23.9. The summed E-state index contributed by atoms with van der Waals surface area (Å²) in [4.78, 5) is 7.27. The average molecular weight is 458 g/mol. The van der Waals surface area contributed by atoms with Crippen molar-refractivity contribution < 1.29 is 4.39 Å². The predicted molar refractivity (Wildman–Crippen MR) is 140 cm³/mol. The number of unbranched alkanes of at least 4 members (excludes halogenated alkanes) is 1. The summed E-state index contributed by atoms with van der Waals surface area (Å²) in [5, 5.41) is 2.56. The Kier molecular flexibility index (Phi) is 8.12. The Hall–Kier alpha value is -2.98. The number of aromatic nitrogens is 2. The molecule has 0 aliphatic carbocycles. The van der Waals surface area contributed by atoms with Crippen molar-refractivity contribution in [2.75, 3.05) is 6.54 Å². The Bertz CT molecular complexity index is 1210. The van der Waals surface area contributed by atoms with Crippen molar-refractivity contribution in [3.8, 4) is 11.4 Å². The van der Waals surface area contributed by atoms with Crippen LogP contribution < -0.4 is 0 Å². The summed E-state index contributed by atoms with van der Waals surface area (Å²) in [6.45, 7) is 10.4. The Labute approximate surface area is 203 Å². The molecule has 4 rings (SSSR count). The first kappa shape index (κ1) is 24.2. The second-order valence-corrected chi connectivity index (χ2v) is 9.66. The zero-order valence-corrected chi connectivity index (χ0v) is 20.7. The molecule has 0 N–H and O–H groups in total. The van der Waals surface area contributed by atoms with Gasteiger partial charge in [-0.2, -0.15) is 0 Å². The molecular formula is C30H36FN3. The SMILES string of the molecule is CCCCn1c(CN(CCC(C)C)Cc2ccc3ccccc3c2)cnc1-c1cccc(F)c1. The van der Waals surface area contributed by atoms with Crippen molar-refractivity contribution in [3.05, 3.63) is 90.0 Å². The standard InChI is InChI=1S/C30H36FN3/c1-4-5-16-34-29(20-32-30(34)27-11-8-12-28(31)19-27)22-33(17-15-23(2)3)21-24-13-14-25-9-6-7-10-26(25)18-24/h6-14,18-20,23H,4-5,15-17,21-22H2,1-3H3. The van der Waals surface area contributed by atoms with Gasteiger partial charge < -0.3 is 4.57 Å². The third-order valence-electron chi connectivity index (χ3n) is 6.38. The summed E-state index contributed by atoms with van der Waals surface area (Å²) < 4.78 is 16.2. The maximum Gasteiger partial charge on any atom is 0.140 e. The van der Waals surface area contributed by atoms with Crippen molar-refractivity contribution >= 4 is 10.8 Å². The number of imidazole rings is 1. The molecule has 1 aromatic heterocycles. The van der Waals surface area contributed by atoms with Gasteiger partial charge in [0.05, 0.1) is 11.9 Å². The van der Waals surface area contributed by atoms with Gasteiger partial charge in [0.1, 0.15) is 11.6 Å². The van der Waals surface area contributed by atoms with Crippen LogP contribution >= 0.6 is 0 Å².